The minimum atomic E-state index is -0.948. The maximum atomic E-state index is 10.9. The normalized spacial score (nSPS) is 33.8. The molecule has 0 spiro atoms. The molecule has 0 aliphatic heterocycles. The lowest BCUT2D eigenvalue weighted by molar-refractivity contribution is -0.111. The highest BCUT2D eigenvalue weighted by atomic mass is 35.5. The van der Waals surface area contributed by atoms with Gasteiger partial charge in [0.25, 0.3) is 0 Å². The van der Waals surface area contributed by atoms with Crippen LogP contribution in [0.3, 0.4) is 0 Å². The van der Waals surface area contributed by atoms with Gasteiger partial charge in [-0.05, 0) is 12.5 Å². The van der Waals surface area contributed by atoms with Gasteiger partial charge in [-0.2, -0.15) is 0 Å². The fourth-order valence-electron chi connectivity index (χ4n) is 1.90. The Labute approximate surface area is 93.0 Å². The van der Waals surface area contributed by atoms with E-state index in [-0.39, 0.29) is 5.92 Å². The van der Waals surface area contributed by atoms with Crippen molar-refractivity contribution in [3.8, 4) is 0 Å². The molecule has 2 atom stereocenters. The summed E-state index contributed by atoms with van der Waals surface area (Å²) in [5.74, 6) is -0.0861. The zero-order valence-electron chi connectivity index (χ0n) is 7.71. The van der Waals surface area contributed by atoms with Crippen LogP contribution in [0.1, 0.15) is 18.4 Å². The van der Waals surface area contributed by atoms with Gasteiger partial charge in [-0.1, -0.05) is 53.5 Å². The number of aldehydes is 1. The molecule has 0 saturated heterocycles. The Morgan fingerprint density at radius 3 is 2.29 bits per heavy atom. The van der Waals surface area contributed by atoms with Crippen LogP contribution < -0.4 is 0 Å². The molecule has 1 aromatic carbocycles. The van der Waals surface area contributed by atoms with E-state index in [0.29, 0.717) is 0 Å². The van der Waals surface area contributed by atoms with Crippen molar-refractivity contribution in [1.29, 1.82) is 0 Å². The van der Waals surface area contributed by atoms with Crippen molar-refractivity contribution in [2.24, 2.45) is 5.41 Å². The Hall–Kier alpha value is -0.530. The quantitative estimate of drug-likeness (QED) is 0.562. The molecule has 3 heteroatoms. The number of hydrogen-bond acceptors (Lipinski definition) is 1. The third-order valence-corrected chi connectivity index (χ3v) is 4.23. The summed E-state index contributed by atoms with van der Waals surface area (Å²) >= 11 is 12.2. The van der Waals surface area contributed by atoms with Gasteiger partial charge in [0.1, 0.15) is 10.6 Å². The molecule has 1 aliphatic carbocycles. The molecule has 0 unspecified atom stereocenters. The van der Waals surface area contributed by atoms with Crippen LogP contribution >= 0.6 is 23.2 Å². The monoisotopic (exact) mass is 228 g/mol. The summed E-state index contributed by atoms with van der Waals surface area (Å²) in [4.78, 5) is 10.9. The first-order chi connectivity index (χ1) is 6.54. The highest BCUT2D eigenvalue weighted by Crippen LogP contribution is 2.72. The van der Waals surface area contributed by atoms with Gasteiger partial charge in [-0.25, -0.2) is 0 Å². The van der Waals surface area contributed by atoms with Crippen LogP contribution in [0.2, 0.25) is 0 Å². The Kier molecular flexibility index (Phi) is 2.13. The van der Waals surface area contributed by atoms with Crippen molar-refractivity contribution in [1.82, 2.24) is 0 Å². The van der Waals surface area contributed by atoms with Crippen molar-refractivity contribution in [2.45, 2.75) is 17.2 Å². The molecule has 2 rings (SSSR count). The molecule has 0 amide bonds. The van der Waals surface area contributed by atoms with E-state index in [0.717, 1.165) is 11.8 Å². The summed E-state index contributed by atoms with van der Waals surface area (Å²) in [5, 5.41) is 0. The molecule has 0 N–H and O–H groups in total. The van der Waals surface area contributed by atoms with Gasteiger partial charge < -0.3 is 4.79 Å². The highest BCUT2D eigenvalue weighted by molar-refractivity contribution is 6.53. The maximum Gasteiger partial charge on any atom is 0.138 e. The van der Waals surface area contributed by atoms with E-state index in [9.17, 15) is 4.79 Å². The van der Waals surface area contributed by atoms with E-state index in [2.05, 4.69) is 0 Å². The van der Waals surface area contributed by atoms with Gasteiger partial charge in [0, 0.05) is 5.92 Å². The van der Waals surface area contributed by atoms with E-state index >= 15 is 0 Å². The molecule has 14 heavy (non-hydrogen) atoms. The summed E-state index contributed by atoms with van der Waals surface area (Å²) in [7, 11) is 0. The predicted octanol–water partition coefficient (Wildman–Crippen LogP) is 3.16. The summed E-state index contributed by atoms with van der Waals surface area (Å²) in [6.45, 7) is 1.79. The standard InChI is InChI=1S/C11H10Cl2O/c1-10(7-14)9(11(10,12)13)8-5-3-2-4-6-8/h2-7,9H,1H3/t9-,10+/m0/s1. The van der Waals surface area contributed by atoms with Gasteiger partial charge in [-0.15, -0.1) is 0 Å². The van der Waals surface area contributed by atoms with E-state index in [4.69, 9.17) is 23.2 Å². The zero-order chi connectivity index (χ0) is 10.4. The largest absolute Gasteiger partial charge is 0.303 e. The SMILES string of the molecule is C[C@@]1(C=O)[C@H](c2ccccc2)C1(Cl)Cl. The van der Waals surface area contributed by atoms with Crippen LogP contribution in [-0.2, 0) is 4.79 Å². The van der Waals surface area contributed by atoms with Gasteiger partial charge in [0.05, 0.1) is 5.41 Å². The Morgan fingerprint density at radius 1 is 1.29 bits per heavy atom. The van der Waals surface area contributed by atoms with Gasteiger partial charge in [0.15, 0.2) is 0 Å². The van der Waals surface area contributed by atoms with Crippen LogP contribution in [0, 0.1) is 5.41 Å². The fraction of sp³-hybridized carbons (Fsp3) is 0.364. The third-order valence-electron chi connectivity index (χ3n) is 2.97. The van der Waals surface area contributed by atoms with Gasteiger partial charge in [0.2, 0.25) is 0 Å². The molecule has 1 aromatic rings. The third kappa shape index (κ3) is 1.12. The molecule has 1 fully saturated rings. The van der Waals surface area contributed by atoms with E-state index < -0.39 is 9.75 Å². The van der Waals surface area contributed by atoms with Gasteiger partial charge in [-0.3, -0.25) is 0 Å². The van der Waals surface area contributed by atoms with Crippen LogP contribution in [-0.4, -0.2) is 10.6 Å². The fourth-order valence-corrected chi connectivity index (χ4v) is 2.80. The van der Waals surface area contributed by atoms with Crippen LogP contribution in [0.5, 0.6) is 0 Å². The first-order valence-electron chi connectivity index (χ1n) is 4.43. The van der Waals surface area contributed by atoms with Gasteiger partial charge >= 0.3 is 0 Å². The summed E-state index contributed by atoms with van der Waals surface area (Å²) < 4.78 is -0.948. The molecular weight excluding hydrogens is 219 g/mol. The number of halogens is 2. The first kappa shape index (κ1) is 10.0. The number of carbonyl (C=O) groups excluding carboxylic acids is 1. The summed E-state index contributed by atoms with van der Waals surface area (Å²) in [6, 6.07) is 9.65. The number of benzene rings is 1. The molecular formula is C11H10Cl2O. The van der Waals surface area contributed by atoms with E-state index in [1.54, 1.807) is 6.92 Å². The summed E-state index contributed by atoms with van der Waals surface area (Å²) in [5.41, 5.74) is 0.379. The van der Waals surface area contributed by atoms with Crippen molar-refractivity contribution in [3.63, 3.8) is 0 Å². The van der Waals surface area contributed by atoms with E-state index in [1.807, 2.05) is 30.3 Å². The number of hydrogen-bond donors (Lipinski definition) is 0. The average Bonchev–Trinajstić information content (AvgIpc) is 2.63. The summed E-state index contributed by atoms with van der Waals surface area (Å²) in [6.07, 6.45) is 0.852. The highest BCUT2D eigenvalue weighted by Gasteiger charge is 2.73. The molecule has 0 radical (unpaired) electrons. The molecule has 1 nitrogen and oxygen atoms in total. The van der Waals surface area contributed by atoms with Crippen LogP contribution in [0.15, 0.2) is 30.3 Å². The second-order valence-electron chi connectivity index (χ2n) is 3.87. The number of alkyl halides is 2. The molecule has 0 bridgehead atoms. The molecule has 0 heterocycles. The van der Waals surface area contributed by atoms with Crippen molar-refractivity contribution in [2.75, 3.05) is 0 Å². The molecule has 1 aliphatic rings. The van der Waals surface area contributed by atoms with Crippen LogP contribution in [0.25, 0.3) is 0 Å². The smallest absolute Gasteiger partial charge is 0.138 e. The van der Waals surface area contributed by atoms with E-state index in [1.165, 1.54) is 0 Å². The molecule has 0 aromatic heterocycles. The minimum absolute atomic E-state index is 0.0861. The maximum absolute atomic E-state index is 10.9. The van der Waals surface area contributed by atoms with Crippen molar-refractivity contribution < 1.29 is 4.79 Å². The minimum Gasteiger partial charge on any atom is -0.303 e. The number of rotatable bonds is 2. The Balaban J connectivity index is 2.37. The Bertz CT molecular complexity index is 361. The van der Waals surface area contributed by atoms with Crippen LogP contribution in [0.4, 0.5) is 0 Å². The zero-order valence-corrected chi connectivity index (χ0v) is 9.22. The van der Waals surface area contributed by atoms with Crippen molar-refractivity contribution >= 4 is 29.5 Å². The molecule has 1 saturated carbocycles. The topological polar surface area (TPSA) is 17.1 Å². The Morgan fingerprint density at radius 2 is 1.86 bits per heavy atom. The average molecular weight is 229 g/mol. The second kappa shape index (κ2) is 2.98. The lowest BCUT2D eigenvalue weighted by Gasteiger charge is -1.99. The lowest BCUT2D eigenvalue weighted by atomic mass is 10.0. The predicted molar refractivity (Wildman–Crippen MR) is 57.8 cm³/mol. The molecule has 74 valence electrons. The second-order valence-corrected chi connectivity index (χ2v) is 5.25. The number of carbonyl (C=O) groups is 1. The first-order valence-corrected chi connectivity index (χ1v) is 5.18. The lowest BCUT2D eigenvalue weighted by Crippen LogP contribution is -2.04. The van der Waals surface area contributed by atoms with Crippen molar-refractivity contribution in [3.05, 3.63) is 35.9 Å².